The van der Waals surface area contributed by atoms with Crippen LogP contribution < -0.4 is 5.32 Å². The minimum atomic E-state index is -4.66. The molecule has 1 spiro atoms. The number of aromatic nitrogens is 4. The maximum absolute atomic E-state index is 13.6. The molecule has 1 aliphatic heterocycles. The lowest BCUT2D eigenvalue weighted by atomic mass is 9.62. The van der Waals surface area contributed by atoms with Gasteiger partial charge in [-0.2, -0.15) is 18.3 Å². The first kappa shape index (κ1) is 26.1. The molecule has 1 aromatic carbocycles. The number of hydrogen-bond acceptors (Lipinski definition) is 7. The Morgan fingerprint density at radius 3 is 2.50 bits per heavy atom. The van der Waals surface area contributed by atoms with Crippen molar-refractivity contribution in [2.45, 2.75) is 48.9 Å². The summed E-state index contributed by atoms with van der Waals surface area (Å²) >= 11 is 0. The molecule has 1 amide bonds. The third kappa shape index (κ3) is 4.74. The van der Waals surface area contributed by atoms with Crippen LogP contribution in [0.25, 0.3) is 11.3 Å². The van der Waals surface area contributed by atoms with Crippen LogP contribution in [0.1, 0.15) is 36.8 Å². The molecule has 38 heavy (non-hydrogen) atoms. The molecular weight excluding hydrogens is 521 g/mol. The van der Waals surface area contributed by atoms with Crippen molar-refractivity contribution >= 4 is 27.4 Å². The number of aryl methyl sites for hydroxylation is 2. The number of nitrogens with zero attached hydrogens (tertiary/aromatic N) is 5. The summed E-state index contributed by atoms with van der Waals surface area (Å²) in [6.45, 7) is 2.34. The van der Waals surface area contributed by atoms with E-state index in [1.54, 1.807) is 32.0 Å². The molecule has 3 heterocycles. The first-order valence-corrected chi connectivity index (χ1v) is 13.6. The molecule has 0 bridgehead atoms. The zero-order valence-corrected chi connectivity index (χ0v) is 21.9. The lowest BCUT2D eigenvalue weighted by Gasteiger charge is -2.50. The molecule has 2 fully saturated rings. The second-order valence-electron chi connectivity index (χ2n) is 10.3. The Labute approximate surface area is 218 Å². The van der Waals surface area contributed by atoms with Crippen LogP contribution in [0.5, 0.6) is 0 Å². The van der Waals surface area contributed by atoms with Crippen LogP contribution in [0.15, 0.2) is 41.7 Å². The van der Waals surface area contributed by atoms with E-state index >= 15 is 0 Å². The van der Waals surface area contributed by atoms with Gasteiger partial charge in [0.1, 0.15) is 5.56 Å². The molecule has 3 aromatic rings. The van der Waals surface area contributed by atoms with E-state index in [0.29, 0.717) is 43.3 Å². The van der Waals surface area contributed by atoms with Gasteiger partial charge in [-0.1, -0.05) is 0 Å². The monoisotopic (exact) mass is 548 g/mol. The average Bonchev–Trinajstić information content (AvgIpc) is 3.26. The molecule has 202 valence electrons. The zero-order valence-electron chi connectivity index (χ0n) is 21.1. The summed E-state index contributed by atoms with van der Waals surface area (Å²) in [6.07, 6.45) is 0.886. The molecule has 0 unspecified atom stereocenters. The Morgan fingerprint density at radius 1 is 1.16 bits per heavy atom. The number of halogens is 3. The Hall–Kier alpha value is -3.48. The fourth-order valence-electron chi connectivity index (χ4n) is 5.23. The van der Waals surface area contributed by atoms with Gasteiger partial charge in [0.25, 0.3) is 0 Å². The van der Waals surface area contributed by atoms with Crippen molar-refractivity contribution in [3.05, 3.63) is 47.9 Å². The SMILES string of the molecule is Cc1cc(S(=O)(=O)C2CC3(CCN(C)C(=O)C3)C2)ccc1Nc1ncc(C(F)(F)F)c(-c2cnn(C)c2)n1. The first-order chi connectivity index (χ1) is 17.8. The molecule has 1 saturated heterocycles. The van der Waals surface area contributed by atoms with E-state index in [1.165, 1.54) is 29.2 Å². The molecular formula is C25H27F3N6O3S. The predicted octanol–water partition coefficient (Wildman–Crippen LogP) is 4.12. The highest BCUT2D eigenvalue weighted by Crippen LogP contribution is 2.53. The number of amides is 1. The van der Waals surface area contributed by atoms with Crippen molar-refractivity contribution in [3.63, 3.8) is 0 Å². The lowest BCUT2D eigenvalue weighted by molar-refractivity contribution is -0.139. The third-order valence-electron chi connectivity index (χ3n) is 7.54. The van der Waals surface area contributed by atoms with Crippen LogP contribution in [-0.2, 0) is 27.9 Å². The topological polar surface area (TPSA) is 110 Å². The van der Waals surface area contributed by atoms with E-state index in [1.807, 2.05) is 0 Å². The van der Waals surface area contributed by atoms with E-state index in [0.717, 1.165) is 6.42 Å². The van der Waals surface area contributed by atoms with Crippen molar-refractivity contribution in [2.24, 2.45) is 12.5 Å². The number of benzene rings is 1. The van der Waals surface area contributed by atoms with Gasteiger partial charge >= 0.3 is 6.18 Å². The number of carbonyl (C=O) groups excluding carboxylic acids is 1. The summed E-state index contributed by atoms with van der Waals surface area (Å²) in [6, 6.07) is 4.57. The lowest BCUT2D eigenvalue weighted by Crippen LogP contribution is -2.52. The van der Waals surface area contributed by atoms with Gasteiger partial charge in [-0.15, -0.1) is 0 Å². The van der Waals surface area contributed by atoms with Crippen LogP contribution in [0.2, 0.25) is 0 Å². The highest BCUT2D eigenvalue weighted by atomic mass is 32.2. The molecule has 5 rings (SSSR count). The largest absolute Gasteiger partial charge is 0.419 e. The normalized spacial score (nSPS) is 22.0. The van der Waals surface area contributed by atoms with Gasteiger partial charge in [0.05, 0.1) is 22.0 Å². The van der Waals surface area contributed by atoms with Crippen molar-refractivity contribution < 1.29 is 26.4 Å². The number of likely N-dealkylation sites (tertiary alicyclic amines) is 1. The Balaban J connectivity index is 1.35. The molecule has 1 aliphatic carbocycles. The summed E-state index contributed by atoms with van der Waals surface area (Å²) in [5, 5.41) is 6.29. The summed E-state index contributed by atoms with van der Waals surface area (Å²) in [5.41, 5.74) is -0.310. The minimum Gasteiger partial charge on any atom is -0.346 e. The Bertz CT molecular complexity index is 1510. The number of alkyl halides is 3. The van der Waals surface area contributed by atoms with Crippen LogP contribution in [-0.4, -0.2) is 57.8 Å². The van der Waals surface area contributed by atoms with E-state index in [9.17, 15) is 26.4 Å². The molecule has 1 saturated carbocycles. The van der Waals surface area contributed by atoms with Gasteiger partial charge in [0, 0.05) is 50.7 Å². The number of carbonyl (C=O) groups is 1. The van der Waals surface area contributed by atoms with E-state index < -0.39 is 26.8 Å². The first-order valence-electron chi connectivity index (χ1n) is 12.1. The van der Waals surface area contributed by atoms with Gasteiger partial charge in [-0.05, 0) is 55.4 Å². The summed E-state index contributed by atoms with van der Waals surface area (Å²) < 4.78 is 68.7. The van der Waals surface area contributed by atoms with E-state index in [-0.39, 0.29) is 33.4 Å². The second kappa shape index (κ2) is 9.07. The molecule has 0 radical (unpaired) electrons. The van der Waals surface area contributed by atoms with Crippen molar-refractivity contribution in [1.29, 1.82) is 0 Å². The highest BCUT2D eigenvalue weighted by molar-refractivity contribution is 7.92. The second-order valence-corrected chi connectivity index (χ2v) is 12.5. The van der Waals surface area contributed by atoms with E-state index in [2.05, 4.69) is 20.4 Å². The van der Waals surface area contributed by atoms with Crippen LogP contribution >= 0.6 is 0 Å². The summed E-state index contributed by atoms with van der Waals surface area (Å²) in [7, 11) is -0.251. The Morgan fingerprint density at radius 2 is 1.89 bits per heavy atom. The molecule has 13 heteroatoms. The zero-order chi connectivity index (χ0) is 27.5. The van der Waals surface area contributed by atoms with Gasteiger partial charge in [-0.25, -0.2) is 18.4 Å². The van der Waals surface area contributed by atoms with Crippen LogP contribution in [0.3, 0.4) is 0 Å². The quantitative estimate of drug-likeness (QED) is 0.511. The standard InChI is InChI=1S/C25H27F3N6O3S/c1-15-8-17(38(36,37)18-9-24(10-18)6-7-33(2)21(35)11-24)4-5-20(15)31-23-29-13-19(25(26,27)28)22(32-23)16-12-30-34(3)14-16/h4-5,8,12-14,18H,6-7,9-11H2,1-3H3,(H,29,31,32). The number of hydrogen-bond donors (Lipinski definition) is 1. The summed E-state index contributed by atoms with van der Waals surface area (Å²) in [4.78, 5) is 21.9. The fraction of sp³-hybridized carbons (Fsp3) is 0.440. The molecule has 1 N–H and O–H groups in total. The number of anilines is 2. The number of rotatable bonds is 5. The molecule has 2 aliphatic rings. The van der Waals surface area contributed by atoms with Gasteiger partial charge in [0.15, 0.2) is 9.84 Å². The van der Waals surface area contributed by atoms with E-state index in [4.69, 9.17) is 0 Å². The van der Waals surface area contributed by atoms with Crippen LogP contribution in [0.4, 0.5) is 24.8 Å². The van der Waals surface area contributed by atoms with Crippen molar-refractivity contribution in [1.82, 2.24) is 24.6 Å². The average molecular weight is 549 g/mol. The Kier molecular flexibility index (Phi) is 6.24. The maximum atomic E-state index is 13.6. The number of sulfone groups is 1. The van der Waals surface area contributed by atoms with Gasteiger partial charge in [-0.3, -0.25) is 9.48 Å². The highest BCUT2D eigenvalue weighted by Gasteiger charge is 2.52. The van der Waals surface area contributed by atoms with Crippen LogP contribution in [0, 0.1) is 12.3 Å². The third-order valence-corrected chi connectivity index (χ3v) is 9.66. The fourth-order valence-corrected chi connectivity index (χ4v) is 7.36. The predicted molar refractivity (Wildman–Crippen MR) is 133 cm³/mol. The number of nitrogens with one attached hydrogen (secondary N) is 1. The van der Waals surface area contributed by atoms with Gasteiger partial charge in [0.2, 0.25) is 11.9 Å². The smallest absolute Gasteiger partial charge is 0.346 e. The van der Waals surface area contributed by atoms with Gasteiger partial charge < -0.3 is 10.2 Å². The molecule has 0 atom stereocenters. The number of piperidine rings is 1. The van der Waals surface area contributed by atoms with Crippen molar-refractivity contribution in [2.75, 3.05) is 18.9 Å². The maximum Gasteiger partial charge on any atom is 0.419 e. The summed E-state index contributed by atoms with van der Waals surface area (Å²) in [5.74, 6) is -0.0148. The molecule has 9 nitrogen and oxygen atoms in total. The minimum absolute atomic E-state index is 0.0514. The molecule has 2 aromatic heterocycles. The van der Waals surface area contributed by atoms with Crippen molar-refractivity contribution in [3.8, 4) is 11.3 Å².